The summed E-state index contributed by atoms with van der Waals surface area (Å²) in [6.07, 6.45) is 15.0. The summed E-state index contributed by atoms with van der Waals surface area (Å²) in [5.74, 6) is 5.71. The lowest BCUT2D eigenvalue weighted by atomic mass is 9.44. The molecular weight excluding hydrogens is 311 g/mol. The van der Waals surface area contributed by atoms with Gasteiger partial charge in [0, 0.05) is 5.92 Å². The lowest BCUT2D eigenvalue weighted by molar-refractivity contribution is -0.131. The van der Waals surface area contributed by atoms with Gasteiger partial charge in [-0.1, -0.05) is 19.8 Å². The summed E-state index contributed by atoms with van der Waals surface area (Å²) in [6, 6.07) is 0. The fourth-order valence-corrected chi connectivity index (χ4v) is 8.23. The summed E-state index contributed by atoms with van der Waals surface area (Å²) in [5, 5.41) is 10.8. The van der Waals surface area contributed by atoms with Crippen LogP contribution >= 0.6 is 0 Å². The maximum atomic E-state index is 14.0. The number of alkyl halides is 1. The molecule has 1 N–H and O–H groups in total. The van der Waals surface area contributed by atoms with Gasteiger partial charge in [-0.2, -0.15) is 0 Å². The Labute approximate surface area is 153 Å². The van der Waals surface area contributed by atoms with Crippen LogP contribution in [0.4, 0.5) is 4.39 Å². The quantitative estimate of drug-likeness (QED) is 0.633. The fourth-order valence-electron chi connectivity index (χ4n) is 8.23. The molecule has 4 saturated carbocycles. The van der Waals surface area contributed by atoms with E-state index in [1.807, 2.05) is 6.92 Å². The van der Waals surface area contributed by atoms with Gasteiger partial charge >= 0.3 is 0 Å². The van der Waals surface area contributed by atoms with Gasteiger partial charge in [-0.3, -0.25) is 0 Å². The molecule has 4 fully saturated rings. The lowest BCUT2D eigenvalue weighted by Crippen LogP contribution is -2.55. The molecule has 0 aliphatic heterocycles. The Morgan fingerprint density at radius 3 is 2.40 bits per heavy atom. The molecule has 25 heavy (non-hydrogen) atoms. The van der Waals surface area contributed by atoms with Crippen LogP contribution < -0.4 is 0 Å². The number of hydrogen-bond acceptors (Lipinski definition) is 1. The third-order valence-electron chi connectivity index (χ3n) is 9.57. The van der Waals surface area contributed by atoms with Gasteiger partial charge in [-0.05, 0) is 99.2 Å². The fraction of sp³-hybridized carbons (Fsp3) is 0.913. The maximum Gasteiger partial charge on any atom is 0.125 e. The molecule has 4 rings (SSSR count). The standard InChI is InChI=1S/C23H35FO/c1-5-23(4,25)20-9-8-18-17-7-6-15-14-16(24)10-12-21(15,2)19(17)11-13-22(18,20)3/h1,15-20,25H,6-14H2,2-4H3/t15?,16?,17-,18-,19-,20-,21-,22-,23?/m0/s1. The minimum Gasteiger partial charge on any atom is -0.378 e. The van der Waals surface area contributed by atoms with E-state index in [0.29, 0.717) is 17.3 Å². The average molecular weight is 347 g/mol. The van der Waals surface area contributed by atoms with Gasteiger partial charge in [0.25, 0.3) is 0 Å². The second-order valence-electron chi connectivity index (χ2n) is 10.5. The minimum absolute atomic E-state index is 0.178. The van der Waals surface area contributed by atoms with Crippen molar-refractivity contribution >= 4 is 0 Å². The molecule has 0 radical (unpaired) electrons. The van der Waals surface area contributed by atoms with Crippen molar-refractivity contribution in [3.8, 4) is 12.3 Å². The number of halogens is 1. The van der Waals surface area contributed by atoms with E-state index in [2.05, 4.69) is 19.8 Å². The first-order chi connectivity index (χ1) is 11.7. The Bertz CT molecular complexity index is 577. The van der Waals surface area contributed by atoms with E-state index >= 15 is 0 Å². The largest absolute Gasteiger partial charge is 0.378 e. The molecule has 0 aromatic heterocycles. The molecule has 9 atom stereocenters. The first-order valence-electron chi connectivity index (χ1n) is 10.6. The molecule has 1 nitrogen and oxygen atoms in total. The van der Waals surface area contributed by atoms with Crippen LogP contribution in [0, 0.1) is 52.8 Å². The molecule has 0 bridgehead atoms. The Hall–Kier alpha value is -0.550. The zero-order valence-corrected chi connectivity index (χ0v) is 16.2. The van der Waals surface area contributed by atoms with Crippen molar-refractivity contribution in [1.29, 1.82) is 0 Å². The Morgan fingerprint density at radius 2 is 1.68 bits per heavy atom. The Kier molecular flexibility index (Phi) is 4.08. The highest BCUT2D eigenvalue weighted by molar-refractivity contribution is 5.17. The van der Waals surface area contributed by atoms with Crippen molar-refractivity contribution in [3.05, 3.63) is 0 Å². The molecule has 0 heterocycles. The molecule has 0 amide bonds. The summed E-state index contributed by atoms with van der Waals surface area (Å²) >= 11 is 0. The predicted octanol–water partition coefficient (Wildman–Crippen LogP) is 5.37. The van der Waals surface area contributed by atoms with Crippen LogP contribution in [0.15, 0.2) is 0 Å². The van der Waals surface area contributed by atoms with Crippen molar-refractivity contribution in [1.82, 2.24) is 0 Å². The highest BCUT2D eigenvalue weighted by Gasteiger charge is 2.62. The van der Waals surface area contributed by atoms with Gasteiger partial charge in [0.2, 0.25) is 0 Å². The summed E-state index contributed by atoms with van der Waals surface area (Å²) < 4.78 is 14.0. The van der Waals surface area contributed by atoms with Crippen molar-refractivity contribution in [3.63, 3.8) is 0 Å². The van der Waals surface area contributed by atoms with E-state index < -0.39 is 11.8 Å². The molecule has 0 aromatic carbocycles. The molecule has 3 unspecified atom stereocenters. The van der Waals surface area contributed by atoms with Gasteiger partial charge in [0.05, 0.1) is 0 Å². The van der Waals surface area contributed by atoms with Crippen LogP contribution in [0.3, 0.4) is 0 Å². The maximum absolute atomic E-state index is 14.0. The van der Waals surface area contributed by atoms with E-state index in [4.69, 9.17) is 6.42 Å². The van der Waals surface area contributed by atoms with Crippen LogP contribution in [-0.2, 0) is 0 Å². The van der Waals surface area contributed by atoms with Crippen LogP contribution in [-0.4, -0.2) is 16.9 Å². The molecule has 4 aliphatic carbocycles. The summed E-state index contributed by atoms with van der Waals surface area (Å²) in [5.41, 5.74) is -0.458. The van der Waals surface area contributed by atoms with Crippen LogP contribution in [0.2, 0.25) is 0 Å². The average Bonchev–Trinajstić information content (AvgIpc) is 2.93. The lowest BCUT2D eigenvalue weighted by Gasteiger charge is -2.61. The molecular formula is C23H35FO. The number of terminal acetylenes is 1. The van der Waals surface area contributed by atoms with Crippen LogP contribution in [0.25, 0.3) is 0 Å². The highest BCUT2D eigenvalue weighted by atomic mass is 19.1. The second-order valence-corrected chi connectivity index (χ2v) is 10.5. The van der Waals surface area contributed by atoms with Crippen LogP contribution in [0.5, 0.6) is 0 Å². The van der Waals surface area contributed by atoms with Crippen molar-refractivity contribution < 1.29 is 9.50 Å². The topological polar surface area (TPSA) is 20.2 Å². The van der Waals surface area contributed by atoms with E-state index in [9.17, 15) is 9.50 Å². The van der Waals surface area contributed by atoms with Gasteiger partial charge in [0.1, 0.15) is 11.8 Å². The molecule has 4 aliphatic rings. The van der Waals surface area contributed by atoms with E-state index in [0.717, 1.165) is 37.5 Å². The van der Waals surface area contributed by atoms with Gasteiger partial charge < -0.3 is 5.11 Å². The van der Waals surface area contributed by atoms with Crippen LogP contribution in [0.1, 0.15) is 78.6 Å². The summed E-state index contributed by atoms with van der Waals surface area (Å²) in [7, 11) is 0. The molecule has 2 heteroatoms. The minimum atomic E-state index is -0.982. The third kappa shape index (κ3) is 2.44. The highest BCUT2D eigenvalue weighted by Crippen LogP contribution is 2.68. The summed E-state index contributed by atoms with van der Waals surface area (Å²) in [4.78, 5) is 0. The third-order valence-corrected chi connectivity index (χ3v) is 9.57. The predicted molar refractivity (Wildman–Crippen MR) is 99.6 cm³/mol. The molecule has 0 saturated heterocycles. The van der Waals surface area contributed by atoms with Crippen molar-refractivity contribution in [2.24, 2.45) is 40.4 Å². The monoisotopic (exact) mass is 346 g/mol. The first-order valence-corrected chi connectivity index (χ1v) is 10.6. The smallest absolute Gasteiger partial charge is 0.125 e. The zero-order chi connectivity index (χ0) is 18.0. The SMILES string of the molecule is C#CC(C)(O)[C@H]1CC[C@H]2[C@@H]3CCC4CC(F)CC[C@]4(C)[C@H]3CC[C@]12C. The van der Waals surface area contributed by atoms with Crippen molar-refractivity contribution in [2.45, 2.75) is 90.3 Å². The second kappa shape index (κ2) is 5.72. The first kappa shape index (κ1) is 17.8. The van der Waals surface area contributed by atoms with Gasteiger partial charge in [0.15, 0.2) is 0 Å². The Morgan fingerprint density at radius 1 is 1.00 bits per heavy atom. The zero-order valence-electron chi connectivity index (χ0n) is 16.2. The molecule has 140 valence electrons. The summed E-state index contributed by atoms with van der Waals surface area (Å²) in [6.45, 7) is 6.73. The van der Waals surface area contributed by atoms with E-state index in [-0.39, 0.29) is 11.3 Å². The van der Waals surface area contributed by atoms with Gasteiger partial charge in [-0.15, -0.1) is 6.42 Å². The normalized spacial score (nSPS) is 54.6. The number of rotatable bonds is 1. The van der Waals surface area contributed by atoms with E-state index in [1.54, 1.807) is 0 Å². The number of hydrogen-bond donors (Lipinski definition) is 1. The van der Waals surface area contributed by atoms with Gasteiger partial charge in [-0.25, -0.2) is 4.39 Å². The van der Waals surface area contributed by atoms with Crippen molar-refractivity contribution in [2.75, 3.05) is 0 Å². The van der Waals surface area contributed by atoms with E-state index in [1.165, 1.54) is 32.1 Å². The molecule has 0 spiro atoms. The number of fused-ring (bicyclic) bond motifs is 5. The number of aliphatic hydroxyl groups is 1. The molecule has 0 aromatic rings. The Balaban J connectivity index is 1.61.